The highest BCUT2D eigenvalue weighted by Crippen LogP contribution is 2.34. The van der Waals surface area contributed by atoms with Gasteiger partial charge in [0.2, 0.25) is 5.91 Å². The zero-order valence-electron chi connectivity index (χ0n) is 7.84. The van der Waals surface area contributed by atoms with E-state index < -0.39 is 18.9 Å². The Morgan fingerprint density at radius 3 is 2.25 bits per heavy atom. The lowest BCUT2D eigenvalue weighted by Gasteiger charge is -2.10. The highest BCUT2D eigenvalue weighted by atomic mass is 35.5. The summed E-state index contributed by atoms with van der Waals surface area (Å²) in [6, 6.07) is 2.41. The fourth-order valence-electron chi connectivity index (χ4n) is 0.986. The fourth-order valence-corrected chi connectivity index (χ4v) is 1.58. The van der Waals surface area contributed by atoms with Crippen LogP contribution < -0.4 is 10.5 Å². The summed E-state index contributed by atoms with van der Waals surface area (Å²) in [6.07, 6.45) is -2.64. The molecule has 0 saturated carbocycles. The first kappa shape index (κ1) is 13.0. The summed E-state index contributed by atoms with van der Waals surface area (Å²) in [4.78, 5) is 10.8. The molecule has 7 heteroatoms. The lowest BCUT2D eigenvalue weighted by atomic mass is 10.2. The van der Waals surface area contributed by atoms with Crippen LogP contribution in [0.5, 0.6) is 5.75 Å². The Morgan fingerprint density at radius 2 is 1.88 bits per heavy atom. The molecule has 16 heavy (non-hydrogen) atoms. The minimum atomic E-state index is -2.64. The van der Waals surface area contributed by atoms with E-state index in [1.54, 1.807) is 0 Å². The van der Waals surface area contributed by atoms with Crippen molar-refractivity contribution < 1.29 is 18.3 Å². The Kier molecular flexibility index (Phi) is 4.32. The molecule has 3 nitrogen and oxygen atoms in total. The second-order valence-electron chi connectivity index (χ2n) is 2.84. The van der Waals surface area contributed by atoms with E-state index in [2.05, 4.69) is 0 Å². The molecule has 0 aromatic heterocycles. The summed E-state index contributed by atoms with van der Waals surface area (Å²) in [7, 11) is 0. The van der Waals surface area contributed by atoms with Crippen LogP contribution in [-0.4, -0.2) is 18.9 Å². The van der Waals surface area contributed by atoms with E-state index in [1.165, 1.54) is 12.1 Å². The largest absolute Gasteiger partial charge is 0.485 e. The fraction of sp³-hybridized carbons (Fsp3) is 0.222. The van der Waals surface area contributed by atoms with E-state index in [-0.39, 0.29) is 21.4 Å². The standard InChI is InChI=1S/C9H7Cl2F2NO2/c10-5-1-4(9(14)15)2-6(11)8(5)16-3-7(12)13/h1-2,7H,3H2,(H2,14,15). The third kappa shape index (κ3) is 3.21. The Labute approximate surface area is 100 Å². The zero-order chi connectivity index (χ0) is 12.3. The van der Waals surface area contributed by atoms with E-state index in [1.807, 2.05) is 0 Å². The van der Waals surface area contributed by atoms with Gasteiger partial charge in [0.25, 0.3) is 6.43 Å². The first-order valence-electron chi connectivity index (χ1n) is 4.11. The van der Waals surface area contributed by atoms with Gasteiger partial charge in [0, 0.05) is 5.56 Å². The lowest BCUT2D eigenvalue weighted by Crippen LogP contribution is -2.12. The molecule has 0 unspecified atom stereocenters. The van der Waals surface area contributed by atoms with Gasteiger partial charge in [-0.2, -0.15) is 0 Å². The van der Waals surface area contributed by atoms with Gasteiger partial charge >= 0.3 is 0 Å². The van der Waals surface area contributed by atoms with Crippen molar-refractivity contribution in [3.05, 3.63) is 27.7 Å². The summed E-state index contributed by atoms with van der Waals surface area (Å²) in [5, 5.41) is -0.0797. The SMILES string of the molecule is NC(=O)c1cc(Cl)c(OCC(F)F)c(Cl)c1. The maximum atomic E-state index is 11.9. The normalized spacial score (nSPS) is 10.6. The number of benzene rings is 1. The molecular weight excluding hydrogens is 263 g/mol. The van der Waals surface area contributed by atoms with Crippen LogP contribution in [0.1, 0.15) is 10.4 Å². The molecule has 0 aliphatic rings. The Balaban J connectivity index is 2.98. The van der Waals surface area contributed by atoms with Crippen molar-refractivity contribution in [1.29, 1.82) is 0 Å². The average molecular weight is 270 g/mol. The Bertz CT molecular complexity index is 389. The van der Waals surface area contributed by atoms with E-state index >= 15 is 0 Å². The van der Waals surface area contributed by atoms with Crippen LogP contribution in [0.15, 0.2) is 12.1 Å². The summed E-state index contributed by atoms with van der Waals surface area (Å²) in [5.74, 6) is -0.808. The minimum absolute atomic E-state index is 0.0399. The van der Waals surface area contributed by atoms with E-state index in [4.69, 9.17) is 33.7 Å². The number of carbonyl (C=O) groups excluding carboxylic acids is 1. The number of hydrogen-bond acceptors (Lipinski definition) is 2. The average Bonchev–Trinajstić information content (AvgIpc) is 2.15. The van der Waals surface area contributed by atoms with Gasteiger partial charge in [-0.05, 0) is 12.1 Å². The molecule has 0 atom stereocenters. The van der Waals surface area contributed by atoms with Crippen molar-refractivity contribution in [2.75, 3.05) is 6.61 Å². The first-order valence-corrected chi connectivity index (χ1v) is 4.87. The van der Waals surface area contributed by atoms with Crippen LogP contribution in [0.4, 0.5) is 8.78 Å². The maximum absolute atomic E-state index is 11.9. The number of rotatable bonds is 4. The zero-order valence-corrected chi connectivity index (χ0v) is 9.36. The monoisotopic (exact) mass is 269 g/mol. The molecule has 0 bridgehead atoms. The third-order valence-electron chi connectivity index (χ3n) is 1.64. The number of amides is 1. The molecule has 0 saturated heterocycles. The highest BCUT2D eigenvalue weighted by Gasteiger charge is 2.14. The van der Waals surface area contributed by atoms with Crippen molar-refractivity contribution in [3.63, 3.8) is 0 Å². The van der Waals surface area contributed by atoms with Gasteiger partial charge < -0.3 is 10.5 Å². The van der Waals surface area contributed by atoms with Gasteiger partial charge in [0.1, 0.15) is 6.61 Å². The molecule has 0 fully saturated rings. The van der Waals surface area contributed by atoms with Gasteiger partial charge in [-0.1, -0.05) is 23.2 Å². The van der Waals surface area contributed by atoms with Crippen LogP contribution >= 0.6 is 23.2 Å². The molecule has 88 valence electrons. The molecule has 2 N–H and O–H groups in total. The van der Waals surface area contributed by atoms with Gasteiger partial charge in [0.15, 0.2) is 5.75 Å². The van der Waals surface area contributed by atoms with Gasteiger partial charge in [-0.3, -0.25) is 4.79 Å². The molecular formula is C9H7Cl2F2NO2. The summed E-state index contributed by atoms with van der Waals surface area (Å²) in [6.45, 7) is -0.824. The smallest absolute Gasteiger partial charge is 0.272 e. The molecule has 1 rings (SSSR count). The highest BCUT2D eigenvalue weighted by molar-refractivity contribution is 6.37. The Hall–Kier alpha value is -1.07. The molecule has 0 heterocycles. The van der Waals surface area contributed by atoms with E-state index in [9.17, 15) is 13.6 Å². The van der Waals surface area contributed by atoms with E-state index in [0.29, 0.717) is 0 Å². The van der Waals surface area contributed by atoms with Crippen molar-refractivity contribution in [1.82, 2.24) is 0 Å². The number of halogens is 4. The van der Waals surface area contributed by atoms with Gasteiger partial charge in [-0.15, -0.1) is 0 Å². The van der Waals surface area contributed by atoms with Crippen LogP contribution in [0.2, 0.25) is 10.0 Å². The number of carbonyl (C=O) groups is 1. The predicted octanol–water partition coefficient (Wildman–Crippen LogP) is 2.74. The van der Waals surface area contributed by atoms with Crippen molar-refractivity contribution in [2.45, 2.75) is 6.43 Å². The second-order valence-corrected chi connectivity index (χ2v) is 3.65. The number of primary amides is 1. The quantitative estimate of drug-likeness (QED) is 0.914. The van der Waals surface area contributed by atoms with E-state index in [0.717, 1.165) is 0 Å². The number of ether oxygens (including phenoxy) is 1. The molecule has 1 aromatic carbocycles. The minimum Gasteiger partial charge on any atom is -0.485 e. The van der Waals surface area contributed by atoms with Gasteiger partial charge in [0.05, 0.1) is 10.0 Å². The lowest BCUT2D eigenvalue weighted by molar-refractivity contribution is 0.0819. The summed E-state index contributed by atoms with van der Waals surface area (Å²) >= 11 is 11.4. The van der Waals surface area contributed by atoms with Crippen LogP contribution in [0.25, 0.3) is 0 Å². The van der Waals surface area contributed by atoms with Crippen LogP contribution in [0.3, 0.4) is 0 Å². The number of nitrogens with two attached hydrogens (primary N) is 1. The topological polar surface area (TPSA) is 52.3 Å². The van der Waals surface area contributed by atoms with Crippen molar-refractivity contribution in [2.24, 2.45) is 5.73 Å². The summed E-state index contributed by atoms with van der Waals surface area (Å²) < 4.78 is 28.5. The van der Waals surface area contributed by atoms with Crippen molar-refractivity contribution in [3.8, 4) is 5.75 Å². The van der Waals surface area contributed by atoms with Crippen molar-refractivity contribution >= 4 is 29.1 Å². The molecule has 0 aliphatic carbocycles. The van der Waals surface area contributed by atoms with Gasteiger partial charge in [-0.25, -0.2) is 8.78 Å². The third-order valence-corrected chi connectivity index (χ3v) is 2.20. The molecule has 0 spiro atoms. The molecule has 1 amide bonds. The number of alkyl halides is 2. The molecule has 0 radical (unpaired) electrons. The Morgan fingerprint density at radius 1 is 1.38 bits per heavy atom. The van der Waals surface area contributed by atoms with Crippen LogP contribution in [0, 0.1) is 0 Å². The molecule has 0 aliphatic heterocycles. The van der Waals surface area contributed by atoms with Crippen LogP contribution in [-0.2, 0) is 0 Å². The first-order chi connectivity index (χ1) is 7.41. The predicted molar refractivity (Wildman–Crippen MR) is 56.5 cm³/mol. The summed E-state index contributed by atoms with van der Waals surface area (Å²) in [5.41, 5.74) is 5.09. The second kappa shape index (κ2) is 5.32. The molecule has 1 aromatic rings. The maximum Gasteiger partial charge on any atom is 0.272 e. The number of hydrogen-bond donors (Lipinski definition) is 1.